The number of aromatic nitrogens is 1. The fourth-order valence-electron chi connectivity index (χ4n) is 1.73. The van der Waals surface area contributed by atoms with Crippen molar-refractivity contribution < 1.29 is 13.2 Å². The molecule has 0 radical (unpaired) electrons. The zero-order chi connectivity index (χ0) is 17.1. The lowest BCUT2D eigenvalue weighted by molar-refractivity contribution is -0.140. The molecule has 2 N–H and O–H groups in total. The standard InChI is InChI=1S/C14H23F3N4S2/c1-3-18-13(19-7-4-5-9-22-2)20-8-6-12-21-11(10-23-12)14(15,16)17/h10H,3-9H2,1-2H3,(H2,18,19,20). The van der Waals surface area contributed by atoms with E-state index < -0.39 is 11.9 Å². The minimum atomic E-state index is -4.37. The van der Waals surface area contributed by atoms with E-state index in [9.17, 15) is 13.2 Å². The second kappa shape index (κ2) is 10.7. The van der Waals surface area contributed by atoms with Crippen molar-refractivity contribution in [2.45, 2.75) is 32.4 Å². The number of hydrogen-bond acceptors (Lipinski definition) is 4. The number of nitrogens with zero attached hydrogens (tertiary/aromatic N) is 2. The summed E-state index contributed by atoms with van der Waals surface area (Å²) in [5.41, 5.74) is -0.813. The van der Waals surface area contributed by atoms with Crippen molar-refractivity contribution in [2.75, 3.05) is 31.6 Å². The van der Waals surface area contributed by atoms with Crippen molar-refractivity contribution in [3.63, 3.8) is 0 Å². The van der Waals surface area contributed by atoms with Crippen LogP contribution in [0.2, 0.25) is 0 Å². The van der Waals surface area contributed by atoms with Crippen LogP contribution in [0.5, 0.6) is 0 Å². The topological polar surface area (TPSA) is 49.3 Å². The van der Waals surface area contributed by atoms with E-state index in [1.54, 1.807) is 0 Å². The van der Waals surface area contributed by atoms with E-state index >= 15 is 0 Å². The minimum absolute atomic E-state index is 0.442. The highest BCUT2D eigenvalue weighted by Gasteiger charge is 2.33. The van der Waals surface area contributed by atoms with Crippen LogP contribution in [0.25, 0.3) is 0 Å². The predicted octanol–water partition coefficient (Wildman–Crippen LogP) is 3.40. The van der Waals surface area contributed by atoms with Gasteiger partial charge in [0.2, 0.25) is 0 Å². The van der Waals surface area contributed by atoms with Gasteiger partial charge in [-0.2, -0.15) is 24.9 Å². The zero-order valence-corrected chi connectivity index (χ0v) is 15.0. The summed E-state index contributed by atoms with van der Waals surface area (Å²) in [5.74, 6) is 1.83. The third kappa shape index (κ3) is 8.45. The fraction of sp³-hybridized carbons (Fsp3) is 0.714. The Labute approximate surface area is 143 Å². The maximum Gasteiger partial charge on any atom is 0.434 e. The first kappa shape index (κ1) is 20.1. The first-order valence-corrected chi connectivity index (χ1v) is 9.77. The number of rotatable bonds is 9. The highest BCUT2D eigenvalue weighted by atomic mass is 32.2. The van der Waals surface area contributed by atoms with Gasteiger partial charge in [0.25, 0.3) is 0 Å². The second-order valence-electron chi connectivity index (χ2n) is 4.76. The largest absolute Gasteiger partial charge is 0.434 e. The van der Waals surface area contributed by atoms with Gasteiger partial charge in [-0.1, -0.05) is 0 Å². The molecule has 23 heavy (non-hydrogen) atoms. The molecule has 9 heteroatoms. The molecule has 1 aromatic rings. The van der Waals surface area contributed by atoms with Crippen LogP contribution in [0.1, 0.15) is 30.5 Å². The smallest absolute Gasteiger partial charge is 0.357 e. The summed E-state index contributed by atoms with van der Waals surface area (Å²) in [7, 11) is 0. The molecule has 0 aromatic carbocycles. The Morgan fingerprint density at radius 1 is 1.35 bits per heavy atom. The molecule has 0 saturated heterocycles. The average molecular weight is 368 g/mol. The molecule has 0 aliphatic carbocycles. The lowest BCUT2D eigenvalue weighted by Crippen LogP contribution is -2.38. The molecule has 1 heterocycles. The van der Waals surface area contributed by atoms with Crippen LogP contribution in [0, 0.1) is 0 Å². The normalized spacial score (nSPS) is 12.5. The quantitative estimate of drug-likeness (QED) is 0.398. The van der Waals surface area contributed by atoms with Gasteiger partial charge in [0.1, 0.15) is 0 Å². The lowest BCUT2D eigenvalue weighted by Gasteiger charge is -2.10. The lowest BCUT2D eigenvalue weighted by atomic mass is 10.3. The Balaban J connectivity index is 2.37. The predicted molar refractivity (Wildman–Crippen MR) is 92.4 cm³/mol. The summed E-state index contributed by atoms with van der Waals surface area (Å²) in [6.07, 6.45) is 0.312. The molecule has 0 amide bonds. The van der Waals surface area contributed by atoms with Crippen molar-refractivity contribution >= 4 is 29.1 Å². The molecule has 0 bridgehead atoms. The molecule has 0 atom stereocenters. The van der Waals surface area contributed by atoms with Crippen molar-refractivity contribution in [2.24, 2.45) is 4.99 Å². The SMILES string of the molecule is CCNC(=NCCCCSC)NCCc1nc(C(F)(F)F)cs1. The third-order valence-electron chi connectivity index (χ3n) is 2.84. The molecular formula is C14H23F3N4S2. The van der Waals surface area contributed by atoms with Gasteiger partial charge in [0, 0.05) is 31.4 Å². The van der Waals surface area contributed by atoms with Crippen LogP contribution in [-0.2, 0) is 12.6 Å². The molecule has 4 nitrogen and oxygen atoms in total. The van der Waals surface area contributed by atoms with E-state index in [2.05, 4.69) is 26.9 Å². The highest BCUT2D eigenvalue weighted by molar-refractivity contribution is 7.98. The molecule has 0 aliphatic rings. The third-order valence-corrected chi connectivity index (χ3v) is 4.45. The van der Waals surface area contributed by atoms with Gasteiger partial charge in [-0.3, -0.25) is 4.99 Å². The number of alkyl halides is 3. The Bertz CT molecular complexity index is 475. The van der Waals surface area contributed by atoms with Gasteiger partial charge in [-0.15, -0.1) is 11.3 Å². The van der Waals surface area contributed by atoms with Gasteiger partial charge >= 0.3 is 6.18 Å². The summed E-state index contributed by atoms with van der Waals surface area (Å²) >= 11 is 2.85. The van der Waals surface area contributed by atoms with Gasteiger partial charge in [0.05, 0.1) is 5.01 Å². The van der Waals surface area contributed by atoms with Crippen LogP contribution >= 0.6 is 23.1 Å². The van der Waals surface area contributed by atoms with Gasteiger partial charge < -0.3 is 10.6 Å². The molecule has 1 rings (SSSR count). The summed E-state index contributed by atoms with van der Waals surface area (Å²) in [6.45, 7) is 3.96. The average Bonchev–Trinajstić information content (AvgIpc) is 2.96. The van der Waals surface area contributed by atoms with Gasteiger partial charge in [0.15, 0.2) is 11.7 Å². The first-order valence-electron chi connectivity index (χ1n) is 7.50. The molecule has 0 spiro atoms. The molecule has 0 aliphatic heterocycles. The number of halogens is 3. The zero-order valence-electron chi connectivity index (χ0n) is 13.4. The van der Waals surface area contributed by atoms with Crippen LogP contribution in [0.4, 0.5) is 13.2 Å². The van der Waals surface area contributed by atoms with E-state index in [-0.39, 0.29) is 0 Å². The summed E-state index contributed by atoms with van der Waals surface area (Å²) in [5, 5.41) is 7.78. The van der Waals surface area contributed by atoms with E-state index in [0.29, 0.717) is 23.9 Å². The number of unbranched alkanes of at least 4 members (excludes halogenated alkanes) is 1. The molecule has 0 saturated carbocycles. The number of thiazole rings is 1. The Morgan fingerprint density at radius 3 is 2.74 bits per heavy atom. The summed E-state index contributed by atoms with van der Waals surface area (Å²) in [4.78, 5) is 8.06. The highest BCUT2D eigenvalue weighted by Crippen LogP contribution is 2.29. The summed E-state index contributed by atoms with van der Waals surface area (Å²) < 4.78 is 37.4. The van der Waals surface area contributed by atoms with E-state index in [4.69, 9.17) is 0 Å². The van der Waals surface area contributed by atoms with Crippen LogP contribution < -0.4 is 10.6 Å². The molecular weight excluding hydrogens is 345 g/mol. The maximum absolute atomic E-state index is 12.5. The van der Waals surface area contributed by atoms with Crippen LogP contribution in [-0.4, -0.2) is 42.6 Å². The monoisotopic (exact) mass is 368 g/mol. The van der Waals surface area contributed by atoms with Gasteiger partial charge in [-0.05, 0) is 31.8 Å². The summed E-state index contributed by atoms with van der Waals surface area (Å²) in [6, 6.07) is 0. The van der Waals surface area contributed by atoms with E-state index in [1.165, 1.54) is 0 Å². The number of hydrogen-bond donors (Lipinski definition) is 2. The van der Waals surface area contributed by atoms with Crippen molar-refractivity contribution in [3.8, 4) is 0 Å². The number of nitrogens with one attached hydrogen (secondary N) is 2. The van der Waals surface area contributed by atoms with Crippen LogP contribution in [0.3, 0.4) is 0 Å². The number of aliphatic imine (C=N–C) groups is 1. The minimum Gasteiger partial charge on any atom is -0.357 e. The number of thioether (sulfide) groups is 1. The fourth-order valence-corrected chi connectivity index (χ4v) is 3.03. The maximum atomic E-state index is 12.5. The molecule has 0 fully saturated rings. The number of guanidine groups is 1. The van der Waals surface area contributed by atoms with Crippen molar-refractivity contribution in [1.82, 2.24) is 15.6 Å². The second-order valence-corrected chi connectivity index (χ2v) is 6.69. The van der Waals surface area contributed by atoms with Crippen molar-refractivity contribution in [1.29, 1.82) is 0 Å². The molecule has 1 aromatic heterocycles. The Morgan fingerprint density at radius 2 is 2.13 bits per heavy atom. The van der Waals surface area contributed by atoms with Crippen LogP contribution in [0.15, 0.2) is 10.4 Å². The molecule has 132 valence electrons. The molecule has 0 unspecified atom stereocenters. The Kier molecular flexibility index (Phi) is 9.39. The first-order chi connectivity index (χ1) is 11.0. The van der Waals surface area contributed by atoms with Gasteiger partial charge in [-0.25, -0.2) is 4.98 Å². The Hall–Kier alpha value is -0.960. The van der Waals surface area contributed by atoms with Crippen molar-refractivity contribution in [3.05, 3.63) is 16.1 Å². The van der Waals surface area contributed by atoms with E-state index in [0.717, 1.165) is 48.4 Å². The van der Waals surface area contributed by atoms with E-state index in [1.807, 2.05) is 18.7 Å².